The average Bonchev–Trinajstić information content (AvgIpc) is 3.64. The Morgan fingerprint density at radius 2 is 2.08 bits per heavy atom. The molecule has 4 heterocycles. The summed E-state index contributed by atoms with van der Waals surface area (Å²) in [6, 6.07) is 8.91. The van der Waals surface area contributed by atoms with Crippen LogP contribution in [0, 0.1) is 0 Å². The lowest BCUT2D eigenvalue weighted by molar-refractivity contribution is 0.0966. The van der Waals surface area contributed by atoms with Gasteiger partial charge in [-0.3, -0.25) is 9.79 Å². The van der Waals surface area contributed by atoms with E-state index in [1.165, 1.54) is 6.39 Å². The number of hydrogen-bond donors (Lipinski definition) is 2. The number of fused-ring (bicyclic) bond motifs is 1. The zero-order valence-corrected chi connectivity index (χ0v) is 20.6. The number of benzene rings is 1. The molecule has 1 aromatic carbocycles. The van der Waals surface area contributed by atoms with Gasteiger partial charge >= 0.3 is 0 Å². The third-order valence-electron chi connectivity index (χ3n) is 6.00. The van der Waals surface area contributed by atoms with Gasteiger partial charge in [0.15, 0.2) is 5.82 Å². The molecule has 0 unspecified atom stereocenters. The molecule has 0 atom stereocenters. The van der Waals surface area contributed by atoms with Gasteiger partial charge in [-0.25, -0.2) is 9.97 Å². The van der Waals surface area contributed by atoms with Crippen LogP contribution < -0.4 is 10.2 Å². The molecule has 11 nitrogen and oxygen atoms in total. The molecular weight excluding hydrogens is 472 g/mol. The summed E-state index contributed by atoms with van der Waals surface area (Å²) in [7, 11) is 0. The highest BCUT2D eigenvalue weighted by Gasteiger charge is 2.20. The first-order valence-electron chi connectivity index (χ1n) is 11.7. The summed E-state index contributed by atoms with van der Waals surface area (Å²) >= 11 is 0. The van der Waals surface area contributed by atoms with Crippen molar-refractivity contribution >= 4 is 35.0 Å². The van der Waals surface area contributed by atoms with Crippen molar-refractivity contribution in [3.05, 3.63) is 71.8 Å². The number of aliphatic imine (C=N–C) groups is 1. The maximum absolute atomic E-state index is 13.0. The Kier molecular flexibility index (Phi) is 6.86. The molecule has 1 aliphatic rings. The van der Waals surface area contributed by atoms with Crippen LogP contribution in [0.4, 0.5) is 5.82 Å². The number of hydrogen-bond acceptors (Lipinski definition) is 9. The van der Waals surface area contributed by atoms with Gasteiger partial charge in [0.25, 0.3) is 5.91 Å². The number of imidazole rings is 1. The van der Waals surface area contributed by atoms with Gasteiger partial charge in [0.1, 0.15) is 5.52 Å². The molecular formula is C26H26N8O3. The predicted octanol–water partition coefficient (Wildman–Crippen LogP) is 3.61. The van der Waals surface area contributed by atoms with Crippen molar-refractivity contribution in [3.63, 3.8) is 0 Å². The fourth-order valence-electron chi connectivity index (χ4n) is 4.11. The van der Waals surface area contributed by atoms with Crippen LogP contribution in [0.1, 0.15) is 29.9 Å². The molecule has 0 aliphatic carbocycles. The number of allylic oxidation sites excluding steroid dienone is 4. The highest BCUT2D eigenvalue weighted by molar-refractivity contribution is 5.97. The fourth-order valence-corrected chi connectivity index (χ4v) is 4.11. The van der Waals surface area contributed by atoms with Crippen LogP contribution in [0.5, 0.6) is 0 Å². The molecule has 1 amide bonds. The number of amides is 1. The van der Waals surface area contributed by atoms with E-state index < -0.39 is 0 Å². The van der Waals surface area contributed by atoms with Gasteiger partial charge in [0.2, 0.25) is 12.3 Å². The van der Waals surface area contributed by atoms with Crippen molar-refractivity contribution in [3.8, 4) is 11.5 Å². The normalized spacial score (nSPS) is 15.0. The van der Waals surface area contributed by atoms with E-state index in [0.717, 1.165) is 35.5 Å². The Morgan fingerprint density at radius 1 is 1.24 bits per heavy atom. The topological polar surface area (TPSA) is 134 Å². The Bertz CT molecular complexity index is 1500. The van der Waals surface area contributed by atoms with Crippen molar-refractivity contribution in [2.45, 2.75) is 13.8 Å². The molecule has 1 aliphatic heterocycles. The van der Waals surface area contributed by atoms with Crippen LogP contribution >= 0.6 is 0 Å². The van der Waals surface area contributed by atoms with E-state index in [1.807, 2.05) is 26.0 Å². The maximum atomic E-state index is 13.0. The highest BCUT2D eigenvalue weighted by Crippen LogP contribution is 2.29. The molecule has 11 heteroatoms. The Balaban J connectivity index is 1.46. The number of H-pyrrole nitrogens is 1. The molecule has 37 heavy (non-hydrogen) atoms. The number of morpholine rings is 1. The number of pyridine rings is 1. The largest absolute Gasteiger partial charge is 0.423 e. The maximum Gasteiger partial charge on any atom is 0.255 e. The lowest BCUT2D eigenvalue weighted by atomic mass is 10.1. The zero-order valence-electron chi connectivity index (χ0n) is 20.6. The standard InChI is InChI=1S/C26H26N8O3/c1-16(31-25(35)18-5-4-6-19(12-18)26-33-30-15-37-26)11-20(17(2)27-3)21-13-22-23(29-14-28-22)24(32-21)34-7-9-36-10-8-34/h4-6,11-15H,3,7-10H2,1-2H3,(H,28,29)(H,31,35)/b16-11+,20-17+. The van der Waals surface area contributed by atoms with E-state index in [2.05, 4.69) is 42.1 Å². The van der Waals surface area contributed by atoms with Crippen LogP contribution in [0.2, 0.25) is 0 Å². The number of aromatic amines is 1. The molecule has 188 valence electrons. The van der Waals surface area contributed by atoms with Crippen LogP contribution in [-0.2, 0) is 4.74 Å². The summed E-state index contributed by atoms with van der Waals surface area (Å²) in [6.45, 7) is 10.1. The van der Waals surface area contributed by atoms with E-state index >= 15 is 0 Å². The number of carbonyl (C=O) groups is 1. The Morgan fingerprint density at radius 3 is 2.84 bits per heavy atom. The minimum atomic E-state index is -0.273. The van der Waals surface area contributed by atoms with Crippen molar-refractivity contribution in [2.24, 2.45) is 4.99 Å². The Hall–Kier alpha value is -4.64. The number of anilines is 1. The minimum absolute atomic E-state index is 0.273. The van der Waals surface area contributed by atoms with E-state index in [9.17, 15) is 4.79 Å². The Labute approximate surface area is 213 Å². The second-order valence-corrected chi connectivity index (χ2v) is 8.49. The average molecular weight is 499 g/mol. The lowest BCUT2D eigenvalue weighted by Gasteiger charge is -2.28. The molecule has 0 saturated carbocycles. The van der Waals surface area contributed by atoms with Gasteiger partial charge in [-0.2, -0.15) is 0 Å². The first-order chi connectivity index (χ1) is 18.0. The van der Waals surface area contributed by atoms with Crippen molar-refractivity contribution in [1.29, 1.82) is 0 Å². The minimum Gasteiger partial charge on any atom is -0.423 e. The van der Waals surface area contributed by atoms with Crippen LogP contribution in [0.25, 0.3) is 28.1 Å². The van der Waals surface area contributed by atoms with Gasteiger partial charge in [-0.1, -0.05) is 6.07 Å². The van der Waals surface area contributed by atoms with E-state index in [1.54, 1.807) is 30.6 Å². The summed E-state index contributed by atoms with van der Waals surface area (Å²) in [5, 5.41) is 10.5. The summed E-state index contributed by atoms with van der Waals surface area (Å²) in [5.74, 6) is 0.847. The smallest absolute Gasteiger partial charge is 0.255 e. The first-order valence-corrected chi connectivity index (χ1v) is 11.7. The van der Waals surface area contributed by atoms with Gasteiger partial charge in [-0.15, -0.1) is 10.2 Å². The van der Waals surface area contributed by atoms with Gasteiger partial charge in [0.05, 0.1) is 30.8 Å². The summed E-state index contributed by atoms with van der Waals surface area (Å²) in [5.41, 5.74) is 5.48. The van der Waals surface area contributed by atoms with Crippen LogP contribution in [-0.4, -0.2) is 64.1 Å². The third kappa shape index (κ3) is 5.16. The monoisotopic (exact) mass is 498 g/mol. The third-order valence-corrected chi connectivity index (χ3v) is 6.00. The molecule has 1 fully saturated rings. The van der Waals surface area contributed by atoms with Crippen LogP contribution in [0.15, 0.2) is 69.9 Å². The second kappa shape index (κ2) is 10.5. The molecule has 0 radical (unpaired) electrons. The molecule has 3 aromatic heterocycles. The summed E-state index contributed by atoms with van der Waals surface area (Å²) < 4.78 is 10.8. The van der Waals surface area contributed by atoms with Crippen molar-refractivity contribution < 1.29 is 13.9 Å². The van der Waals surface area contributed by atoms with E-state index in [0.29, 0.717) is 47.3 Å². The van der Waals surface area contributed by atoms with Crippen LogP contribution in [0.3, 0.4) is 0 Å². The number of rotatable bonds is 7. The second-order valence-electron chi connectivity index (χ2n) is 8.49. The molecule has 0 bridgehead atoms. The van der Waals surface area contributed by atoms with Gasteiger partial charge < -0.3 is 24.4 Å². The van der Waals surface area contributed by atoms with Crippen molar-refractivity contribution in [2.75, 3.05) is 31.2 Å². The van der Waals surface area contributed by atoms with Crippen molar-refractivity contribution in [1.82, 2.24) is 30.5 Å². The molecule has 5 rings (SSSR count). The number of aromatic nitrogens is 5. The number of carbonyl (C=O) groups excluding carboxylic acids is 1. The lowest BCUT2D eigenvalue weighted by Crippen LogP contribution is -2.37. The van der Waals surface area contributed by atoms with E-state index in [-0.39, 0.29) is 5.91 Å². The zero-order chi connectivity index (χ0) is 25.8. The predicted molar refractivity (Wildman–Crippen MR) is 140 cm³/mol. The molecule has 0 spiro atoms. The number of nitrogens with zero attached hydrogens (tertiary/aromatic N) is 6. The summed E-state index contributed by atoms with van der Waals surface area (Å²) in [4.78, 5) is 32.0. The SMILES string of the molecule is C=N/C(C)=C(\C=C(/C)NC(=O)c1cccc(-c2nnco2)c1)c1cc2[nH]cnc2c(N2CCOCC2)n1. The van der Waals surface area contributed by atoms with Gasteiger partial charge in [0, 0.05) is 41.2 Å². The van der Waals surface area contributed by atoms with Gasteiger partial charge in [-0.05, 0) is 50.9 Å². The molecule has 4 aromatic rings. The number of nitrogens with one attached hydrogen (secondary N) is 2. The summed E-state index contributed by atoms with van der Waals surface area (Å²) in [6.07, 6.45) is 4.75. The van der Waals surface area contributed by atoms with E-state index in [4.69, 9.17) is 14.1 Å². The molecule has 1 saturated heterocycles. The fraction of sp³-hybridized carbons (Fsp3) is 0.231. The molecule has 2 N–H and O–H groups in total. The quantitative estimate of drug-likeness (QED) is 0.291. The first kappa shape index (κ1) is 24.1. The number of ether oxygens (including phenoxy) is 1. The highest BCUT2D eigenvalue weighted by atomic mass is 16.5.